The number of aromatic nitrogens is 1. The SMILES string of the molecule is COc1ccc(C2c3sc(=O)n(CC(=O)Nc4ccc5ccccc5c4)c3SC3C(=O)N(c4ccccc4)C(=O)C32)cc1. The first-order valence-electron chi connectivity index (χ1n) is 13.7. The summed E-state index contributed by atoms with van der Waals surface area (Å²) >= 11 is 2.22. The third-order valence-corrected chi connectivity index (χ3v) is 10.5. The Morgan fingerprint density at radius 2 is 1.58 bits per heavy atom. The van der Waals surface area contributed by atoms with E-state index in [9.17, 15) is 19.2 Å². The second-order valence-electron chi connectivity index (χ2n) is 10.4. The number of thiazole rings is 1. The number of anilines is 2. The maximum absolute atomic E-state index is 14.0. The monoisotopic (exact) mass is 607 g/mol. The van der Waals surface area contributed by atoms with Gasteiger partial charge in [-0.05, 0) is 52.7 Å². The van der Waals surface area contributed by atoms with E-state index >= 15 is 0 Å². The number of methoxy groups -OCH3 is 1. The van der Waals surface area contributed by atoms with E-state index in [2.05, 4.69) is 5.32 Å². The van der Waals surface area contributed by atoms with E-state index in [0.29, 0.717) is 27.0 Å². The van der Waals surface area contributed by atoms with Crippen molar-refractivity contribution in [1.82, 2.24) is 4.57 Å². The average molecular weight is 608 g/mol. The Hall–Kier alpha value is -4.67. The molecule has 5 aromatic rings. The van der Waals surface area contributed by atoms with Crippen molar-refractivity contribution in [2.75, 3.05) is 17.3 Å². The molecule has 0 saturated carbocycles. The molecule has 1 saturated heterocycles. The van der Waals surface area contributed by atoms with E-state index in [1.807, 2.05) is 60.7 Å². The zero-order valence-corrected chi connectivity index (χ0v) is 24.6. The van der Waals surface area contributed by atoms with Crippen molar-refractivity contribution in [3.63, 3.8) is 0 Å². The van der Waals surface area contributed by atoms with Crippen LogP contribution in [-0.2, 0) is 20.9 Å². The lowest BCUT2D eigenvalue weighted by molar-refractivity contribution is -0.122. The third kappa shape index (κ3) is 4.72. The predicted octanol–water partition coefficient (Wildman–Crippen LogP) is 5.51. The van der Waals surface area contributed by atoms with Crippen molar-refractivity contribution in [2.24, 2.45) is 5.92 Å². The molecule has 2 aliphatic heterocycles. The lowest BCUT2D eigenvalue weighted by atomic mass is 9.83. The van der Waals surface area contributed by atoms with Crippen molar-refractivity contribution < 1.29 is 19.1 Å². The van der Waals surface area contributed by atoms with Crippen LogP contribution < -0.4 is 19.8 Å². The second kappa shape index (κ2) is 10.9. The highest BCUT2D eigenvalue weighted by Crippen LogP contribution is 2.54. The number of hydrogen-bond acceptors (Lipinski definition) is 7. The van der Waals surface area contributed by atoms with Gasteiger partial charge in [-0.3, -0.25) is 23.7 Å². The first-order valence-corrected chi connectivity index (χ1v) is 15.4. The molecule has 0 spiro atoms. The predicted molar refractivity (Wildman–Crippen MR) is 168 cm³/mol. The molecule has 0 aliphatic carbocycles. The molecule has 8 nitrogen and oxygen atoms in total. The molecule has 0 bridgehead atoms. The number of imide groups is 1. The number of nitrogens with one attached hydrogen (secondary N) is 1. The van der Waals surface area contributed by atoms with Gasteiger partial charge in [0, 0.05) is 16.5 Å². The number of benzene rings is 4. The highest BCUT2D eigenvalue weighted by atomic mass is 32.2. The van der Waals surface area contributed by atoms with Crippen molar-refractivity contribution in [1.29, 1.82) is 0 Å². The van der Waals surface area contributed by atoms with Gasteiger partial charge in [0.2, 0.25) is 17.7 Å². The van der Waals surface area contributed by atoms with Gasteiger partial charge in [-0.2, -0.15) is 0 Å². The highest BCUT2D eigenvalue weighted by Gasteiger charge is 2.56. The van der Waals surface area contributed by atoms with E-state index in [-0.39, 0.29) is 29.1 Å². The van der Waals surface area contributed by atoms with Gasteiger partial charge < -0.3 is 10.1 Å². The number of amides is 3. The Bertz CT molecular complexity index is 1950. The molecule has 0 radical (unpaired) electrons. The number of rotatable bonds is 6. The van der Waals surface area contributed by atoms with Crippen LogP contribution >= 0.6 is 23.1 Å². The van der Waals surface area contributed by atoms with Crippen LogP contribution in [-0.4, -0.2) is 34.6 Å². The van der Waals surface area contributed by atoms with Crippen LogP contribution in [0.2, 0.25) is 0 Å². The molecule has 4 aromatic carbocycles. The van der Waals surface area contributed by atoms with Gasteiger partial charge in [0.15, 0.2) is 0 Å². The molecule has 3 amide bonds. The average Bonchev–Trinajstić information content (AvgIpc) is 3.47. The van der Waals surface area contributed by atoms with E-state index in [0.717, 1.165) is 27.7 Å². The van der Waals surface area contributed by atoms with E-state index < -0.39 is 17.1 Å². The zero-order chi connectivity index (χ0) is 29.7. The quantitative estimate of drug-likeness (QED) is 0.256. The van der Waals surface area contributed by atoms with Crippen LogP contribution in [0.15, 0.2) is 107 Å². The summed E-state index contributed by atoms with van der Waals surface area (Å²) in [6, 6.07) is 29.7. The number of hydrogen-bond donors (Lipinski definition) is 1. The summed E-state index contributed by atoms with van der Waals surface area (Å²) in [5, 5.41) is 4.74. The summed E-state index contributed by atoms with van der Waals surface area (Å²) in [4.78, 5) is 56.0. The Morgan fingerprint density at radius 3 is 2.33 bits per heavy atom. The van der Waals surface area contributed by atoms with Gasteiger partial charge in [-0.25, -0.2) is 4.90 Å². The summed E-state index contributed by atoms with van der Waals surface area (Å²) < 4.78 is 6.76. The molecular formula is C33H25N3O5S2. The molecular weight excluding hydrogens is 583 g/mol. The molecule has 7 rings (SSSR count). The van der Waals surface area contributed by atoms with Crippen LogP contribution in [0, 0.1) is 5.92 Å². The fourth-order valence-electron chi connectivity index (χ4n) is 5.87. The Balaban J connectivity index is 1.26. The molecule has 3 atom stereocenters. The number of thioether (sulfide) groups is 1. The number of fused-ring (bicyclic) bond motifs is 3. The summed E-state index contributed by atoms with van der Waals surface area (Å²) in [6.07, 6.45) is 0. The smallest absolute Gasteiger partial charge is 0.308 e. The van der Waals surface area contributed by atoms with Crippen molar-refractivity contribution in [3.05, 3.63) is 117 Å². The number of ether oxygens (including phenoxy) is 1. The molecule has 43 heavy (non-hydrogen) atoms. The van der Waals surface area contributed by atoms with Gasteiger partial charge in [0.25, 0.3) is 0 Å². The molecule has 3 heterocycles. The minimum Gasteiger partial charge on any atom is -0.497 e. The Labute approximate surface area is 254 Å². The van der Waals surface area contributed by atoms with Gasteiger partial charge in [0.05, 0.1) is 23.7 Å². The topological polar surface area (TPSA) is 97.7 Å². The Kier molecular flexibility index (Phi) is 6.87. The molecule has 1 fully saturated rings. The van der Waals surface area contributed by atoms with Crippen LogP contribution in [0.1, 0.15) is 16.4 Å². The molecule has 2 aliphatic rings. The van der Waals surface area contributed by atoms with Crippen molar-refractivity contribution >= 4 is 63.0 Å². The molecule has 1 aromatic heterocycles. The first kappa shape index (κ1) is 27.2. The number of carbonyl (C=O) groups is 3. The fraction of sp³-hybridized carbons (Fsp3) is 0.152. The van der Waals surface area contributed by atoms with E-state index in [4.69, 9.17) is 4.74 Å². The maximum Gasteiger partial charge on any atom is 0.308 e. The summed E-state index contributed by atoms with van der Waals surface area (Å²) in [5.74, 6) is -1.60. The maximum atomic E-state index is 14.0. The standard InChI is InChI=1S/C33H25N3O5S2/c1-41-24-15-12-20(13-16-24)26-27-28(31(39)36(30(27)38)23-9-3-2-4-10-23)42-32-29(26)43-33(40)35(32)18-25(37)34-22-14-11-19-7-5-6-8-21(19)17-22/h2-17,26-28H,18H2,1H3,(H,34,37). The van der Waals surface area contributed by atoms with Gasteiger partial charge in [0.1, 0.15) is 17.5 Å². The molecule has 3 unspecified atom stereocenters. The summed E-state index contributed by atoms with van der Waals surface area (Å²) in [5.41, 5.74) is 1.93. The normalized spacial score (nSPS) is 19.3. The largest absolute Gasteiger partial charge is 0.497 e. The van der Waals surface area contributed by atoms with Crippen LogP contribution in [0.4, 0.5) is 11.4 Å². The summed E-state index contributed by atoms with van der Waals surface area (Å²) in [6.45, 7) is -0.220. The Morgan fingerprint density at radius 1 is 0.860 bits per heavy atom. The minimum absolute atomic E-state index is 0.220. The van der Waals surface area contributed by atoms with Crippen LogP contribution in [0.3, 0.4) is 0 Å². The van der Waals surface area contributed by atoms with Crippen molar-refractivity contribution in [3.8, 4) is 5.75 Å². The molecule has 214 valence electrons. The van der Waals surface area contributed by atoms with Gasteiger partial charge in [-0.15, -0.1) is 0 Å². The van der Waals surface area contributed by atoms with Crippen molar-refractivity contribution in [2.45, 2.75) is 22.7 Å². The summed E-state index contributed by atoms with van der Waals surface area (Å²) in [7, 11) is 1.58. The van der Waals surface area contributed by atoms with Gasteiger partial charge >= 0.3 is 4.87 Å². The van der Waals surface area contributed by atoms with Gasteiger partial charge in [-0.1, -0.05) is 83.8 Å². The zero-order valence-electron chi connectivity index (χ0n) is 22.9. The minimum atomic E-state index is -0.754. The highest BCUT2D eigenvalue weighted by molar-refractivity contribution is 8.00. The molecule has 1 N–H and O–H groups in total. The molecule has 10 heteroatoms. The van der Waals surface area contributed by atoms with Crippen LogP contribution in [0.25, 0.3) is 10.8 Å². The fourth-order valence-corrected chi connectivity index (χ4v) is 8.64. The lowest BCUT2D eigenvalue weighted by Crippen LogP contribution is -2.33. The third-order valence-electron chi connectivity index (χ3n) is 7.87. The number of carbonyl (C=O) groups excluding carboxylic acids is 3. The van der Waals surface area contributed by atoms with E-state index in [1.165, 1.54) is 21.2 Å². The first-order chi connectivity index (χ1) is 20.9. The number of para-hydroxylation sites is 1. The second-order valence-corrected chi connectivity index (χ2v) is 12.5. The lowest BCUT2D eigenvalue weighted by Gasteiger charge is -2.30. The number of nitrogens with zero attached hydrogens (tertiary/aromatic N) is 2. The van der Waals surface area contributed by atoms with E-state index in [1.54, 1.807) is 43.5 Å². The van der Waals surface area contributed by atoms with Crippen LogP contribution in [0.5, 0.6) is 5.75 Å².